The van der Waals surface area contributed by atoms with Crippen molar-refractivity contribution in [3.05, 3.63) is 76.9 Å². The topological polar surface area (TPSA) is 84.9 Å². The molecule has 178 valence electrons. The van der Waals surface area contributed by atoms with Crippen LogP contribution in [0.4, 0.5) is 11.4 Å². The summed E-state index contributed by atoms with van der Waals surface area (Å²) in [5, 5.41) is 2.90. The van der Waals surface area contributed by atoms with Crippen molar-refractivity contribution in [1.29, 1.82) is 0 Å². The molecule has 3 aromatic rings. The van der Waals surface area contributed by atoms with Crippen LogP contribution in [0.1, 0.15) is 22.3 Å². The van der Waals surface area contributed by atoms with Gasteiger partial charge in [-0.05, 0) is 63.1 Å². The molecule has 4 rings (SSSR count). The highest BCUT2D eigenvalue weighted by Gasteiger charge is 2.29. The summed E-state index contributed by atoms with van der Waals surface area (Å²) in [5.41, 5.74) is 5.00. The van der Waals surface area contributed by atoms with Crippen molar-refractivity contribution in [2.45, 2.75) is 32.6 Å². The Morgan fingerprint density at radius 2 is 1.47 bits per heavy atom. The van der Waals surface area contributed by atoms with Crippen LogP contribution in [0.3, 0.4) is 0 Å². The summed E-state index contributed by atoms with van der Waals surface area (Å²) in [6.07, 6.45) is 0. The lowest BCUT2D eigenvalue weighted by Crippen LogP contribution is -2.38. The molecule has 1 aliphatic heterocycles. The SMILES string of the molecule is Cc1ccc(N(CC(=O)Nc2c(C)cc(C)cc2C)S(=O)(=O)c2ccc3c(c2)OCCO3)cc1. The van der Waals surface area contributed by atoms with Gasteiger partial charge in [0, 0.05) is 11.8 Å². The number of rotatable bonds is 6. The Morgan fingerprint density at radius 3 is 2.12 bits per heavy atom. The third-order valence-corrected chi connectivity index (χ3v) is 7.42. The van der Waals surface area contributed by atoms with Gasteiger partial charge in [0.05, 0.1) is 10.6 Å². The molecule has 3 aromatic carbocycles. The third-order valence-electron chi connectivity index (χ3n) is 5.65. The quantitative estimate of drug-likeness (QED) is 0.561. The molecule has 1 aliphatic rings. The fourth-order valence-electron chi connectivity index (χ4n) is 4.02. The zero-order valence-corrected chi connectivity index (χ0v) is 20.5. The van der Waals surface area contributed by atoms with E-state index in [1.54, 1.807) is 18.2 Å². The number of hydrogen-bond acceptors (Lipinski definition) is 5. The molecule has 7 nitrogen and oxygen atoms in total. The molecule has 0 saturated carbocycles. The maximum Gasteiger partial charge on any atom is 0.264 e. The van der Waals surface area contributed by atoms with Crippen LogP contribution in [-0.4, -0.2) is 34.1 Å². The molecule has 0 saturated heterocycles. The van der Waals surface area contributed by atoms with E-state index in [4.69, 9.17) is 9.47 Å². The smallest absolute Gasteiger partial charge is 0.264 e. The number of anilines is 2. The van der Waals surface area contributed by atoms with Gasteiger partial charge in [0.1, 0.15) is 19.8 Å². The first-order valence-electron chi connectivity index (χ1n) is 11.0. The molecular formula is C26H28N2O5S. The van der Waals surface area contributed by atoms with Gasteiger partial charge in [-0.2, -0.15) is 0 Å². The van der Waals surface area contributed by atoms with E-state index < -0.39 is 15.9 Å². The van der Waals surface area contributed by atoms with Crippen LogP contribution in [0.25, 0.3) is 0 Å². The second-order valence-corrected chi connectivity index (χ2v) is 10.3. The second-order valence-electron chi connectivity index (χ2n) is 8.47. The Hall–Kier alpha value is -3.52. The maximum atomic E-state index is 13.7. The zero-order valence-electron chi connectivity index (χ0n) is 19.7. The van der Waals surface area contributed by atoms with E-state index in [1.807, 2.05) is 52.0 Å². The number of sulfonamides is 1. The number of nitrogens with one attached hydrogen (secondary N) is 1. The summed E-state index contributed by atoms with van der Waals surface area (Å²) in [4.78, 5) is 13.1. The van der Waals surface area contributed by atoms with Gasteiger partial charge in [-0.1, -0.05) is 35.4 Å². The highest BCUT2D eigenvalue weighted by Crippen LogP contribution is 2.34. The van der Waals surface area contributed by atoms with Crippen LogP contribution in [0.2, 0.25) is 0 Å². The monoisotopic (exact) mass is 480 g/mol. The van der Waals surface area contributed by atoms with Gasteiger partial charge in [0.2, 0.25) is 5.91 Å². The van der Waals surface area contributed by atoms with E-state index in [0.29, 0.717) is 36.1 Å². The lowest BCUT2D eigenvalue weighted by molar-refractivity contribution is -0.114. The zero-order chi connectivity index (χ0) is 24.5. The van der Waals surface area contributed by atoms with Crippen LogP contribution in [0.5, 0.6) is 11.5 Å². The molecule has 0 radical (unpaired) electrons. The van der Waals surface area contributed by atoms with Gasteiger partial charge in [-0.15, -0.1) is 0 Å². The molecule has 1 heterocycles. The van der Waals surface area contributed by atoms with Crippen molar-refractivity contribution in [1.82, 2.24) is 0 Å². The van der Waals surface area contributed by atoms with Crippen LogP contribution >= 0.6 is 0 Å². The molecule has 0 aliphatic carbocycles. The summed E-state index contributed by atoms with van der Waals surface area (Å²) in [7, 11) is -4.08. The van der Waals surface area contributed by atoms with Gasteiger partial charge in [-0.3, -0.25) is 9.10 Å². The Labute approximate surface area is 200 Å². The summed E-state index contributed by atoms with van der Waals surface area (Å²) in [6, 6.07) is 15.5. The van der Waals surface area contributed by atoms with E-state index in [-0.39, 0.29) is 11.4 Å². The highest BCUT2D eigenvalue weighted by atomic mass is 32.2. The Morgan fingerprint density at radius 1 is 0.853 bits per heavy atom. The van der Waals surface area contributed by atoms with Crippen LogP contribution < -0.4 is 19.1 Å². The summed E-state index contributed by atoms with van der Waals surface area (Å²) >= 11 is 0. The van der Waals surface area contributed by atoms with E-state index in [1.165, 1.54) is 12.1 Å². The van der Waals surface area contributed by atoms with E-state index in [2.05, 4.69) is 5.32 Å². The Kier molecular flexibility index (Phi) is 6.52. The second kappa shape index (κ2) is 9.38. The summed E-state index contributed by atoms with van der Waals surface area (Å²) in [6.45, 7) is 8.11. The number of fused-ring (bicyclic) bond motifs is 1. The third kappa shape index (κ3) is 4.87. The minimum atomic E-state index is -4.08. The molecule has 34 heavy (non-hydrogen) atoms. The molecule has 0 aromatic heterocycles. The number of hydrogen-bond donors (Lipinski definition) is 1. The average Bonchev–Trinajstić information content (AvgIpc) is 2.80. The van der Waals surface area contributed by atoms with Crippen molar-refractivity contribution >= 4 is 27.3 Å². The average molecular weight is 481 g/mol. The van der Waals surface area contributed by atoms with Crippen LogP contribution in [0.15, 0.2) is 59.5 Å². The van der Waals surface area contributed by atoms with Gasteiger partial charge in [0.25, 0.3) is 10.0 Å². The number of aryl methyl sites for hydroxylation is 4. The van der Waals surface area contributed by atoms with Crippen LogP contribution in [0, 0.1) is 27.7 Å². The lowest BCUT2D eigenvalue weighted by atomic mass is 10.1. The molecular weight excluding hydrogens is 452 g/mol. The van der Waals surface area contributed by atoms with Crippen molar-refractivity contribution in [2.24, 2.45) is 0 Å². The Balaban J connectivity index is 1.69. The number of carbonyl (C=O) groups is 1. The minimum Gasteiger partial charge on any atom is -0.486 e. The van der Waals surface area contributed by atoms with Gasteiger partial charge in [-0.25, -0.2) is 8.42 Å². The van der Waals surface area contributed by atoms with Crippen LogP contribution in [-0.2, 0) is 14.8 Å². The maximum absolute atomic E-state index is 13.7. The number of amides is 1. The van der Waals surface area contributed by atoms with Gasteiger partial charge in [0.15, 0.2) is 11.5 Å². The molecule has 0 spiro atoms. The van der Waals surface area contributed by atoms with Crippen molar-refractivity contribution in [3.8, 4) is 11.5 Å². The van der Waals surface area contributed by atoms with Gasteiger partial charge < -0.3 is 14.8 Å². The predicted molar refractivity (Wildman–Crippen MR) is 132 cm³/mol. The molecule has 1 amide bonds. The number of benzene rings is 3. The standard InChI is InChI=1S/C26H28N2O5S/c1-17-5-7-21(8-6-17)28(16-25(29)27-26-19(3)13-18(2)14-20(26)4)34(30,31)22-9-10-23-24(15-22)33-12-11-32-23/h5-10,13-15H,11-12,16H2,1-4H3,(H,27,29). The molecule has 8 heteroatoms. The highest BCUT2D eigenvalue weighted by molar-refractivity contribution is 7.92. The van der Waals surface area contributed by atoms with Gasteiger partial charge >= 0.3 is 0 Å². The lowest BCUT2D eigenvalue weighted by Gasteiger charge is -2.26. The molecule has 0 bridgehead atoms. The summed E-state index contributed by atoms with van der Waals surface area (Å²) in [5.74, 6) is 0.429. The van der Waals surface area contributed by atoms with E-state index >= 15 is 0 Å². The number of nitrogens with zero attached hydrogens (tertiary/aromatic N) is 1. The minimum absolute atomic E-state index is 0.0211. The molecule has 0 fully saturated rings. The first-order valence-corrected chi connectivity index (χ1v) is 12.5. The first-order chi connectivity index (χ1) is 16.1. The fraction of sp³-hybridized carbons (Fsp3) is 0.269. The first kappa shape index (κ1) is 23.6. The van der Waals surface area contributed by atoms with E-state index in [0.717, 1.165) is 26.6 Å². The fourth-order valence-corrected chi connectivity index (χ4v) is 5.46. The van der Waals surface area contributed by atoms with Crippen molar-refractivity contribution < 1.29 is 22.7 Å². The largest absolute Gasteiger partial charge is 0.486 e. The molecule has 0 atom stereocenters. The van der Waals surface area contributed by atoms with Crippen molar-refractivity contribution in [3.63, 3.8) is 0 Å². The normalized spacial score (nSPS) is 12.8. The molecule has 1 N–H and O–H groups in total. The van der Waals surface area contributed by atoms with Crippen molar-refractivity contribution in [2.75, 3.05) is 29.4 Å². The predicted octanol–water partition coefficient (Wildman–Crippen LogP) is 4.53. The number of carbonyl (C=O) groups excluding carboxylic acids is 1. The Bertz CT molecular complexity index is 1310. The number of ether oxygens (including phenoxy) is 2. The van der Waals surface area contributed by atoms with E-state index in [9.17, 15) is 13.2 Å². The summed E-state index contributed by atoms with van der Waals surface area (Å²) < 4.78 is 39.6. The molecule has 0 unspecified atom stereocenters.